The molecule has 0 saturated carbocycles. The van der Waals surface area contributed by atoms with Crippen molar-refractivity contribution in [1.82, 2.24) is 0 Å². The fourth-order valence-electron chi connectivity index (χ4n) is 0.464. The van der Waals surface area contributed by atoms with Crippen LogP contribution in [-0.2, 0) is 0 Å². The molecule has 0 fully saturated rings. The van der Waals surface area contributed by atoms with E-state index in [4.69, 9.17) is 22.9 Å². The summed E-state index contributed by atoms with van der Waals surface area (Å²) in [6.45, 7) is 1.74. The molecule has 0 radical (unpaired) electrons. The van der Waals surface area contributed by atoms with E-state index in [0.29, 0.717) is 12.1 Å². The van der Waals surface area contributed by atoms with Gasteiger partial charge in [-0.3, -0.25) is 0 Å². The van der Waals surface area contributed by atoms with Crippen LogP contribution in [0.3, 0.4) is 0 Å². The summed E-state index contributed by atoms with van der Waals surface area (Å²) in [5, 5.41) is 14.1. The van der Waals surface area contributed by atoms with Crippen LogP contribution in [0.5, 0.6) is 0 Å². The molecule has 8 heteroatoms. The van der Waals surface area contributed by atoms with Crippen LogP contribution in [0.25, 0.3) is 0 Å². The summed E-state index contributed by atoms with van der Waals surface area (Å²) in [4.78, 5) is 0. The molecule has 8 N–H and O–H groups in total. The van der Waals surface area contributed by atoms with E-state index in [1.807, 2.05) is 0 Å². The van der Waals surface area contributed by atoms with Gasteiger partial charge in [0.1, 0.15) is 0 Å². The maximum atomic E-state index is 5.07. The first-order valence-electron chi connectivity index (χ1n) is 3.75. The summed E-state index contributed by atoms with van der Waals surface area (Å²) in [5.74, 6) is -0.189. The summed E-state index contributed by atoms with van der Waals surface area (Å²) in [7, 11) is 0. The Labute approximate surface area is 81.4 Å². The first-order valence-corrected chi connectivity index (χ1v) is 3.75. The quantitative estimate of drug-likeness (QED) is 0.241. The van der Waals surface area contributed by atoms with Gasteiger partial charge in [-0.1, -0.05) is 0 Å². The lowest BCUT2D eigenvalue weighted by Gasteiger charge is -1.90. The van der Waals surface area contributed by atoms with Crippen LogP contribution >= 0.6 is 0 Å². The third-order valence-corrected chi connectivity index (χ3v) is 0.978. The Morgan fingerprint density at radius 1 is 1.00 bits per heavy atom. The number of hydrogen-bond donors (Lipinski definition) is 4. The molecule has 0 aromatic carbocycles. The van der Waals surface area contributed by atoms with Gasteiger partial charge in [0.15, 0.2) is 0 Å². The van der Waals surface area contributed by atoms with Gasteiger partial charge in [0.05, 0.1) is 0 Å². The summed E-state index contributed by atoms with van der Waals surface area (Å²) >= 11 is 0. The van der Waals surface area contributed by atoms with Gasteiger partial charge in [-0.2, -0.15) is 10.2 Å². The van der Waals surface area contributed by atoms with Crippen molar-refractivity contribution in [2.24, 2.45) is 43.3 Å². The molecule has 0 aliphatic carbocycles. The minimum Gasteiger partial charge on any atom is -0.369 e. The number of rotatable bonds is 4. The second-order valence-electron chi connectivity index (χ2n) is 2.39. The maximum absolute atomic E-state index is 5.07. The van der Waals surface area contributed by atoms with Crippen molar-refractivity contribution in [1.29, 1.82) is 0 Å². The SMILES string of the molecule is C/C(C/C=N\N=C(N)N)=N\N=C(N)N. The number of nitrogens with two attached hydrogens (primary N) is 4. The molecular weight excluding hydrogens is 184 g/mol. The highest BCUT2D eigenvalue weighted by Crippen LogP contribution is 1.84. The third kappa shape index (κ3) is 7.98. The van der Waals surface area contributed by atoms with Crippen LogP contribution in [0, 0.1) is 0 Å². The van der Waals surface area contributed by atoms with Crippen molar-refractivity contribution in [3.05, 3.63) is 0 Å². The molecule has 0 unspecified atom stereocenters. The van der Waals surface area contributed by atoms with Crippen molar-refractivity contribution in [2.75, 3.05) is 0 Å². The predicted molar refractivity (Wildman–Crippen MR) is 57.8 cm³/mol. The molecule has 0 bridgehead atoms. The maximum Gasteiger partial charge on any atom is 0.211 e. The molecule has 0 saturated heterocycles. The average molecular weight is 198 g/mol. The van der Waals surface area contributed by atoms with Crippen molar-refractivity contribution >= 4 is 23.8 Å². The van der Waals surface area contributed by atoms with Crippen LogP contribution in [0.15, 0.2) is 20.4 Å². The Kier molecular flexibility index (Phi) is 5.43. The van der Waals surface area contributed by atoms with Crippen molar-refractivity contribution < 1.29 is 0 Å². The van der Waals surface area contributed by atoms with E-state index in [-0.39, 0.29) is 11.9 Å². The van der Waals surface area contributed by atoms with E-state index >= 15 is 0 Å². The highest BCUT2D eigenvalue weighted by atomic mass is 15.3. The zero-order valence-corrected chi connectivity index (χ0v) is 7.88. The third-order valence-electron chi connectivity index (χ3n) is 0.978. The molecule has 0 heterocycles. The Bertz CT molecular complexity index is 278. The zero-order chi connectivity index (χ0) is 11.0. The van der Waals surface area contributed by atoms with Gasteiger partial charge in [-0.05, 0) is 6.92 Å². The Morgan fingerprint density at radius 2 is 1.57 bits per heavy atom. The molecule has 0 amide bonds. The van der Waals surface area contributed by atoms with Crippen LogP contribution < -0.4 is 22.9 Å². The average Bonchev–Trinajstić information content (AvgIpc) is 2.08. The van der Waals surface area contributed by atoms with E-state index in [1.165, 1.54) is 6.21 Å². The molecule has 14 heavy (non-hydrogen) atoms. The van der Waals surface area contributed by atoms with Crippen molar-refractivity contribution in [3.8, 4) is 0 Å². The van der Waals surface area contributed by atoms with E-state index in [2.05, 4.69) is 20.4 Å². The molecule has 0 aliphatic heterocycles. The van der Waals surface area contributed by atoms with E-state index in [0.717, 1.165) is 0 Å². The smallest absolute Gasteiger partial charge is 0.211 e. The molecule has 0 aromatic heterocycles. The first-order chi connectivity index (χ1) is 6.52. The second-order valence-corrected chi connectivity index (χ2v) is 2.39. The zero-order valence-electron chi connectivity index (χ0n) is 7.88. The van der Waals surface area contributed by atoms with Gasteiger partial charge in [-0.25, -0.2) is 0 Å². The fraction of sp³-hybridized carbons (Fsp3) is 0.333. The van der Waals surface area contributed by atoms with Gasteiger partial charge in [0.2, 0.25) is 11.9 Å². The van der Waals surface area contributed by atoms with E-state index in [1.54, 1.807) is 6.92 Å². The Morgan fingerprint density at radius 3 is 2.07 bits per heavy atom. The van der Waals surface area contributed by atoms with Gasteiger partial charge in [0, 0.05) is 18.3 Å². The predicted octanol–water partition coefficient (Wildman–Crippen LogP) is -1.71. The number of guanidine groups is 2. The molecule has 78 valence electrons. The summed E-state index contributed by atoms with van der Waals surface area (Å²) < 4.78 is 0. The number of nitrogens with zero attached hydrogens (tertiary/aromatic N) is 4. The summed E-state index contributed by atoms with van der Waals surface area (Å²) in [6.07, 6.45) is 1.95. The molecular formula is C6H14N8. The molecule has 0 atom stereocenters. The van der Waals surface area contributed by atoms with Gasteiger partial charge in [0.25, 0.3) is 0 Å². The largest absolute Gasteiger partial charge is 0.369 e. The minimum atomic E-state index is -0.0972. The Balaban J connectivity index is 4.02. The minimum absolute atomic E-state index is 0.0921. The second kappa shape index (κ2) is 6.40. The van der Waals surface area contributed by atoms with Crippen LogP contribution in [0.4, 0.5) is 0 Å². The van der Waals surface area contributed by atoms with Gasteiger partial charge in [-0.15, -0.1) is 10.2 Å². The molecule has 0 aliphatic rings. The summed E-state index contributed by atoms with van der Waals surface area (Å²) in [6, 6.07) is 0. The van der Waals surface area contributed by atoms with Gasteiger partial charge < -0.3 is 22.9 Å². The van der Waals surface area contributed by atoms with E-state index < -0.39 is 0 Å². The van der Waals surface area contributed by atoms with Crippen molar-refractivity contribution in [3.63, 3.8) is 0 Å². The lowest BCUT2D eigenvalue weighted by Crippen LogP contribution is -2.22. The fourth-order valence-corrected chi connectivity index (χ4v) is 0.464. The molecule has 0 rings (SSSR count). The van der Waals surface area contributed by atoms with E-state index in [9.17, 15) is 0 Å². The lowest BCUT2D eigenvalue weighted by molar-refractivity contribution is 1.17. The normalized spacial score (nSPS) is 11.4. The topological polar surface area (TPSA) is 154 Å². The van der Waals surface area contributed by atoms with Crippen LogP contribution in [-0.4, -0.2) is 23.8 Å². The first kappa shape index (κ1) is 11.9. The van der Waals surface area contributed by atoms with Crippen molar-refractivity contribution in [2.45, 2.75) is 13.3 Å². The standard InChI is InChI=1S/C6H14N8/c1-4(12-14-6(9)10)2-3-11-13-5(7)8/h3H,2H2,1H3,(H4,7,8,13)(H4,9,10,14)/b11-3-,12-4+. The Hall–Kier alpha value is -2.12. The van der Waals surface area contributed by atoms with Crippen LogP contribution in [0.1, 0.15) is 13.3 Å². The number of hydrogen-bond acceptors (Lipinski definition) is 4. The highest BCUT2D eigenvalue weighted by molar-refractivity contribution is 5.94. The lowest BCUT2D eigenvalue weighted by atomic mass is 10.3. The van der Waals surface area contributed by atoms with Gasteiger partial charge >= 0.3 is 0 Å². The summed E-state index contributed by atoms with van der Waals surface area (Å²) in [5.41, 5.74) is 20.9. The molecule has 0 spiro atoms. The highest BCUT2D eigenvalue weighted by Gasteiger charge is 1.87. The monoisotopic (exact) mass is 198 g/mol. The molecule has 8 nitrogen and oxygen atoms in total. The molecule has 0 aromatic rings. The van der Waals surface area contributed by atoms with Crippen LogP contribution in [0.2, 0.25) is 0 Å².